The third-order valence-electron chi connectivity index (χ3n) is 5.89. The van der Waals surface area contributed by atoms with E-state index < -0.39 is 0 Å². The van der Waals surface area contributed by atoms with Crippen LogP contribution in [0.15, 0.2) is 66.3 Å². The standard InChI is InChI=1S/C27H29N5O5/c1-31(2)17-6-8-18(9-7-17)32(3)22-15-23(33)21(13-24(22)34)30-27-19-12-25(36-5)26(37-11-10-35-4)14-20(19)28-16-29-27/h6-9,12-16H,10-11H2,1-5H3,(H,28,29,30). The fraction of sp³-hybridized carbons (Fsp3) is 0.259. The zero-order valence-corrected chi connectivity index (χ0v) is 21.4. The molecule has 0 atom stereocenters. The monoisotopic (exact) mass is 503 g/mol. The summed E-state index contributed by atoms with van der Waals surface area (Å²) < 4.78 is 16.2. The molecule has 3 aromatic rings. The molecule has 0 saturated heterocycles. The number of likely N-dealkylation sites (N-methyl/N-ethyl adjacent to an activating group) is 1. The van der Waals surface area contributed by atoms with Crippen molar-refractivity contribution in [3.05, 3.63) is 66.3 Å². The minimum Gasteiger partial charge on any atom is -0.493 e. The van der Waals surface area contributed by atoms with Gasteiger partial charge in [0.2, 0.25) is 11.6 Å². The lowest BCUT2D eigenvalue weighted by Crippen LogP contribution is -2.28. The van der Waals surface area contributed by atoms with E-state index in [0.717, 1.165) is 11.4 Å². The predicted octanol–water partition coefficient (Wildman–Crippen LogP) is 3.20. The molecule has 192 valence electrons. The maximum atomic E-state index is 13.0. The van der Waals surface area contributed by atoms with Crippen LogP contribution < -0.4 is 24.6 Å². The Labute approximate surface area is 215 Å². The zero-order chi connectivity index (χ0) is 26.5. The molecule has 1 aromatic heterocycles. The summed E-state index contributed by atoms with van der Waals surface area (Å²) in [6, 6.07) is 11.2. The molecule has 10 nitrogen and oxygen atoms in total. The number of allylic oxidation sites excluding steroid dienone is 2. The van der Waals surface area contributed by atoms with Gasteiger partial charge in [-0.1, -0.05) is 0 Å². The minimum atomic E-state index is -0.343. The molecule has 2 aromatic carbocycles. The van der Waals surface area contributed by atoms with E-state index in [1.807, 2.05) is 43.3 Å². The normalized spacial score (nSPS) is 13.2. The van der Waals surface area contributed by atoms with Crippen molar-refractivity contribution in [2.75, 3.05) is 63.7 Å². The number of benzene rings is 2. The summed E-state index contributed by atoms with van der Waals surface area (Å²) in [7, 11) is 8.79. The van der Waals surface area contributed by atoms with E-state index in [-0.39, 0.29) is 23.0 Å². The number of ketones is 2. The van der Waals surface area contributed by atoms with Crippen LogP contribution in [0.5, 0.6) is 11.5 Å². The van der Waals surface area contributed by atoms with Gasteiger partial charge in [0.1, 0.15) is 18.8 Å². The topological polar surface area (TPSA) is 106 Å². The number of fused-ring (bicyclic) bond motifs is 1. The summed E-state index contributed by atoms with van der Waals surface area (Å²) in [5, 5.41) is 3.61. The Morgan fingerprint density at radius 2 is 1.59 bits per heavy atom. The second-order valence-corrected chi connectivity index (χ2v) is 8.49. The average molecular weight is 504 g/mol. The van der Waals surface area contributed by atoms with Crippen molar-refractivity contribution in [3.63, 3.8) is 0 Å². The van der Waals surface area contributed by atoms with Crippen LogP contribution >= 0.6 is 0 Å². The molecule has 1 aliphatic carbocycles. The smallest absolute Gasteiger partial charge is 0.204 e. The fourth-order valence-electron chi connectivity index (χ4n) is 3.82. The Bertz CT molecular complexity index is 1380. The van der Waals surface area contributed by atoms with E-state index in [2.05, 4.69) is 15.3 Å². The van der Waals surface area contributed by atoms with E-state index in [0.29, 0.717) is 41.4 Å². The number of anilines is 3. The number of hydrogen-bond donors (Lipinski definition) is 1. The summed E-state index contributed by atoms with van der Waals surface area (Å²) >= 11 is 0. The van der Waals surface area contributed by atoms with E-state index in [4.69, 9.17) is 14.2 Å². The van der Waals surface area contributed by atoms with Gasteiger partial charge in [-0.3, -0.25) is 9.59 Å². The van der Waals surface area contributed by atoms with Crippen molar-refractivity contribution in [2.45, 2.75) is 0 Å². The van der Waals surface area contributed by atoms with Crippen LogP contribution in [0.4, 0.5) is 17.2 Å². The Morgan fingerprint density at radius 3 is 2.27 bits per heavy atom. The Morgan fingerprint density at radius 1 is 0.865 bits per heavy atom. The van der Waals surface area contributed by atoms with E-state index in [1.165, 1.54) is 25.6 Å². The van der Waals surface area contributed by atoms with E-state index in [9.17, 15) is 9.59 Å². The molecular weight excluding hydrogens is 474 g/mol. The van der Waals surface area contributed by atoms with Crippen molar-refractivity contribution in [3.8, 4) is 11.5 Å². The minimum absolute atomic E-state index is 0.115. The number of aromatic nitrogens is 2. The highest BCUT2D eigenvalue weighted by molar-refractivity contribution is 6.22. The largest absolute Gasteiger partial charge is 0.493 e. The number of hydrogen-bond acceptors (Lipinski definition) is 10. The number of carbonyl (C=O) groups is 2. The van der Waals surface area contributed by atoms with Crippen LogP contribution in [0.2, 0.25) is 0 Å². The fourth-order valence-corrected chi connectivity index (χ4v) is 3.82. The van der Waals surface area contributed by atoms with E-state index >= 15 is 0 Å². The number of carbonyl (C=O) groups excluding carboxylic acids is 2. The summed E-state index contributed by atoms with van der Waals surface area (Å²) in [4.78, 5) is 38.3. The van der Waals surface area contributed by atoms with Crippen LogP contribution in [0.1, 0.15) is 0 Å². The van der Waals surface area contributed by atoms with Gasteiger partial charge in [-0.2, -0.15) is 0 Å². The van der Waals surface area contributed by atoms with Crippen molar-refractivity contribution in [1.82, 2.24) is 9.97 Å². The maximum absolute atomic E-state index is 13.0. The van der Waals surface area contributed by atoms with Crippen molar-refractivity contribution >= 4 is 39.7 Å². The number of nitrogens with zero attached hydrogens (tertiary/aromatic N) is 4. The van der Waals surface area contributed by atoms with Gasteiger partial charge in [0.05, 0.1) is 30.6 Å². The maximum Gasteiger partial charge on any atom is 0.204 e. The first-order chi connectivity index (χ1) is 17.8. The molecule has 37 heavy (non-hydrogen) atoms. The quantitative estimate of drug-likeness (QED) is 0.327. The highest BCUT2D eigenvalue weighted by Gasteiger charge is 2.25. The molecule has 0 aliphatic heterocycles. The molecule has 0 radical (unpaired) electrons. The molecule has 0 bridgehead atoms. The zero-order valence-electron chi connectivity index (χ0n) is 21.4. The molecule has 0 saturated carbocycles. The van der Waals surface area contributed by atoms with Crippen LogP contribution in [0.25, 0.3) is 10.9 Å². The Hall–Kier alpha value is -4.44. The first kappa shape index (κ1) is 25.6. The lowest BCUT2D eigenvalue weighted by Gasteiger charge is -2.24. The van der Waals surface area contributed by atoms with Crippen LogP contribution in [-0.2, 0) is 14.3 Å². The molecule has 4 rings (SSSR count). The van der Waals surface area contributed by atoms with Crippen LogP contribution in [-0.4, -0.2) is 70.1 Å². The molecule has 0 spiro atoms. The predicted molar refractivity (Wildman–Crippen MR) is 142 cm³/mol. The van der Waals surface area contributed by atoms with Gasteiger partial charge >= 0.3 is 0 Å². The van der Waals surface area contributed by atoms with Crippen molar-refractivity contribution < 1.29 is 23.8 Å². The number of ether oxygens (including phenoxy) is 3. The van der Waals surface area contributed by atoms with Gasteiger partial charge in [0.25, 0.3) is 0 Å². The Kier molecular flexibility index (Phi) is 7.69. The van der Waals surface area contributed by atoms with Gasteiger partial charge in [-0.15, -0.1) is 0 Å². The average Bonchev–Trinajstić information content (AvgIpc) is 2.90. The van der Waals surface area contributed by atoms with Gasteiger partial charge in [-0.25, -0.2) is 9.97 Å². The second kappa shape index (κ2) is 11.1. The molecule has 0 amide bonds. The van der Waals surface area contributed by atoms with Gasteiger partial charge in [0.15, 0.2) is 11.5 Å². The first-order valence-electron chi connectivity index (χ1n) is 11.6. The highest BCUT2D eigenvalue weighted by Crippen LogP contribution is 2.34. The summed E-state index contributed by atoms with van der Waals surface area (Å²) in [6.07, 6.45) is 3.99. The molecule has 0 fully saturated rings. The van der Waals surface area contributed by atoms with Crippen molar-refractivity contribution in [2.24, 2.45) is 0 Å². The molecule has 1 heterocycles. The summed E-state index contributed by atoms with van der Waals surface area (Å²) in [5.74, 6) is 0.707. The second-order valence-electron chi connectivity index (χ2n) is 8.49. The van der Waals surface area contributed by atoms with Gasteiger partial charge < -0.3 is 29.3 Å². The van der Waals surface area contributed by atoms with Crippen LogP contribution in [0, 0.1) is 0 Å². The first-order valence-corrected chi connectivity index (χ1v) is 11.6. The van der Waals surface area contributed by atoms with Gasteiger partial charge in [0, 0.05) is 63.2 Å². The SMILES string of the molecule is COCCOc1cc2ncnc(NC3=CC(=O)C(N(C)c4ccc(N(C)C)cc4)=CC3=O)c2cc1OC. The highest BCUT2D eigenvalue weighted by atomic mass is 16.5. The summed E-state index contributed by atoms with van der Waals surface area (Å²) in [5.41, 5.74) is 2.80. The number of methoxy groups -OCH3 is 2. The summed E-state index contributed by atoms with van der Waals surface area (Å²) in [6.45, 7) is 0.773. The number of rotatable bonds is 10. The molecule has 0 unspecified atom stereocenters. The van der Waals surface area contributed by atoms with Crippen LogP contribution in [0.3, 0.4) is 0 Å². The molecule has 1 aliphatic rings. The van der Waals surface area contributed by atoms with Crippen molar-refractivity contribution in [1.29, 1.82) is 0 Å². The lowest BCUT2D eigenvalue weighted by atomic mass is 10.0. The molecule has 1 N–H and O–H groups in total. The van der Waals surface area contributed by atoms with Gasteiger partial charge in [-0.05, 0) is 30.3 Å². The molecule has 10 heteroatoms. The third kappa shape index (κ3) is 5.54. The third-order valence-corrected chi connectivity index (χ3v) is 5.89. The van der Waals surface area contributed by atoms with E-state index in [1.54, 1.807) is 31.2 Å². The molecular formula is C27H29N5O5. The lowest BCUT2D eigenvalue weighted by molar-refractivity contribution is -0.115. The number of nitrogens with one attached hydrogen (secondary N) is 1. The Balaban J connectivity index is 1.57.